The van der Waals surface area contributed by atoms with Crippen molar-refractivity contribution in [1.29, 1.82) is 0 Å². The molecular weight excluding hydrogens is 239 g/mol. The Hall–Kier alpha value is -2.11. The van der Waals surface area contributed by atoms with Gasteiger partial charge in [0, 0.05) is 13.1 Å². The quantitative estimate of drug-likeness (QED) is 0.870. The van der Waals surface area contributed by atoms with Gasteiger partial charge in [-0.15, -0.1) is 0 Å². The van der Waals surface area contributed by atoms with Crippen molar-refractivity contribution < 1.29 is 19.1 Å². The second-order valence-corrected chi connectivity index (χ2v) is 4.10. The van der Waals surface area contributed by atoms with Crippen LogP contribution in [0.2, 0.25) is 0 Å². The molecule has 0 spiro atoms. The highest BCUT2D eigenvalue weighted by molar-refractivity contribution is 6.00. The Bertz CT molecular complexity index is 474. The summed E-state index contributed by atoms with van der Waals surface area (Å²) in [5.74, 6) is -2.30. The van der Waals surface area contributed by atoms with Gasteiger partial charge in [0.05, 0.1) is 5.69 Å². The van der Waals surface area contributed by atoms with E-state index < -0.39 is 23.4 Å². The van der Waals surface area contributed by atoms with E-state index in [2.05, 4.69) is 5.32 Å². The lowest BCUT2D eigenvalue weighted by atomic mass is 10.1. The Labute approximate surface area is 104 Å². The predicted octanol–water partition coefficient (Wildman–Crippen LogP) is 2.40. The van der Waals surface area contributed by atoms with E-state index in [1.807, 2.05) is 13.8 Å². The summed E-state index contributed by atoms with van der Waals surface area (Å²) in [5.41, 5.74) is -0.594. The van der Waals surface area contributed by atoms with Crippen LogP contribution < -0.4 is 5.32 Å². The number of nitrogens with one attached hydrogen (secondary N) is 1. The number of hydrogen-bond acceptors (Lipinski definition) is 2. The first-order valence-electron chi connectivity index (χ1n) is 5.40. The van der Waals surface area contributed by atoms with Gasteiger partial charge in [-0.25, -0.2) is 14.0 Å². The maximum atomic E-state index is 13.4. The van der Waals surface area contributed by atoms with Gasteiger partial charge in [0.25, 0.3) is 0 Å². The number of carboxylic acids is 1. The Morgan fingerprint density at radius 1 is 1.39 bits per heavy atom. The molecular formula is C12H15FN2O3. The number of urea groups is 1. The Balaban J connectivity index is 3.02. The van der Waals surface area contributed by atoms with Crippen LogP contribution in [0.3, 0.4) is 0 Å². The number of rotatable bonds is 3. The van der Waals surface area contributed by atoms with Crippen molar-refractivity contribution in [2.24, 2.45) is 0 Å². The fourth-order valence-electron chi connectivity index (χ4n) is 1.28. The first-order valence-corrected chi connectivity index (χ1v) is 5.40. The molecule has 0 aliphatic carbocycles. The normalized spacial score (nSPS) is 10.3. The van der Waals surface area contributed by atoms with Gasteiger partial charge in [0.2, 0.25) is 0 Å². The monoisotopic (exact) mass is 254 g/mol. The number of aromatic carboxylic acids is 1. The lowest BCUT2D eigenvalue weighted by Gasteiger charge is -2.22. The highest BCUT2D eigenvalue weighted by Crippen LogP contribution is 2.19. The van der Waals surface area contributed by atoms with E-state index in [9.17, 15) is 14.0 Å². The lowest BCUT2D eigenvalue weighted by molar-refractivity contribution is 0.0693. The van der Waals surface area contributed by atoms with Gasteiger partial charge in [0.1, 0.15) is 11.4 Å². The highest BCUT2D eigenvalue weighted by Gasteiger charge is 2.19. The van der Waals surface area contributed by atoms with Crippen molar-refractivity contribution in [3.63, 3.8) is 0 Å². The summed E-state index contributed by atoms with van der Waals surface area (Å²) < 4.78 is 13.4. The fourth-order valence-corrected chi connectivity index (χ4v) is 1.28. The number of carbonyl (C=O) groups excluding carboxylic acids is 1. The van der Waals surface area contributed by atoms with Crippen molar-refractivity contribution >= 4 is 17.7 Å². The molecule has 0 unspecified atom stereocenters. The largest absolute Gasteiger partial charge is 0.478 e. The number of halogens is 1. The van der Waals surface area contributed by atoms with Crippen molar-refractivity contribution in [2.45, 2.75) is 19.9 Å². The van der Waals surface area contributed by atoms with Gasteiger partial charge >= 0.3 is 12.0 Å². The standard InChI is InChI=1S/C12H15FN2O3/c1-7(2)15(3)12(18)14-9-6-4-5-8(13)10(9)11(16)17/h4-7H,1-3H3,(H,14,18)(H,16,17). The molecule has 0 aliphatic rings. The molecule has 18 heavy (non-hydrogen) atoms. The predicted molar refractivity (Wildman–Crippen MR) is 65.3 cm³/mol. The molecule has 6 heteroatoms. The second kappa shape index (κ2) is 5.48. The lowest BCUT2D eigenvalue weighted by Crippen LogP contribution is -2.36. The summed E-state index contributed by atoms with van der Waals surface area (Å²) in [6, 6.07) is 3.18. The van der Waals surface area contributed by atoms with Gasteiger partial charge in [-0.2, -0.15) is 0 Å². The number of carbonyl (C=O) groups is 2. The molecule has 0 saturated carbocycles. The molecule has 2 N–H and O–H groups in total. The van der Waals surface area contributed by atoms with E-state index in [1.165, 1.54) is 17.0 Å². The van der Waals surface area contributed by atoms with Crippen LogP contribution in [0.25, 0.3) is 0 Å². The Morgan fingerprint density at radius 2 is 2.00 bits per heavy atom. The smallest absolute Gasteiger partial charge is 0.340 e. The Kier molecular flexibility index (Phi) is 4.25. The number of anilines is 1. The molecule has 0 aromatic heterocycles. The summed E-state index contributed by atoms with van der Waals surface area (Å²) >= 11 is 0. The third kappa shape index (κ3) is 2.97. The van der Waals surface area contributed by atoms with Crippen LogP contribution in [-0.4, -0.2) is 35.1 Å². The highest BCUT2D eigenvalue weighted by atomic mass is 19.1. The molecule has 0 saturated heterocycles. The molecule has 0 bridgehead atoms. The number of amides is 2. The third-order valence-corrected chi connectivity index (χ3v) is 2.56. The first-order chi connectivity index (χ1) is 8.34. The molecule has 5 nitrogen and oxygen atoms in total. The maximum Gasteiger partial charge on any atom is 0.340 e. The van der Waals surface area contributed by atoms with Gasteiger partial charge in [-0.1, -0.05) is 6.07 Å². The van der Waals surface area contributed by atoms with Gasteiger partial charge < -0.3 is 15.3 Å². The summed E-state index contributed by atoms with van der Waals surface area (Å²) in [4.78, 5) is 24.0. The van der Waals surface area contributed by atoms with Gasteiger partial charge in [-0.05, 0) is 26.0 Å². The molecule has 2 amide bonds. The minimum Gasteiger partial charge on any atom is -0.478 e. The van der Waals surface area contributed by atoms with E-state index in [0.717, 1.165) is 6.07 Å². The second-order valence-electron chi connectivity index (χ2n) is 4.10. The van der Waals surface area contributed by atoms with Crippen molar-refractivity contribution in [3.05, 3.63) is 29.6 Å². The summed E-state index contributed by atoms with van der Waals surface area (Å²) in [5, 5.41) is 11.3. The third-order valence-electron chi connectivity index (χ3n) is 2.56. The molecule has 0 aliphatic heterocycles. The van der Waals surface area contributed by atoms with Gasteiger partial charge in [-0.3, -0.25) is 0 Å². The van der Waals surface area contributed by atoms with E-state index in [-0.39, 0.29) is 11.7 Å². The summed E-state index contributed by atoms with van der Waals surface area (Å²) in [7, 11) is 1.57. The zero-order chi connectivity index (χ0) is 13.9. The molecule has 1 aromatic rings. The molecule has 0 heterocycles. The van der Waals surface area contributed by atoms with Gasteiger partial charge in [0.15, 0.2) is 0 Å². The van der Waals surface area contributed by atoms with Crippen LogP contribution >= 0.6 is 0 Å². The number of benzene rings is 1. The van der Waals surface area contributed by atoms with E-state index >= 15 is 0 Å². The molecule has 1 rings (SSSR count). The van der Waals surface area contributed by atoms with Crippen molar-refractivity contribution in [2.75, 3.05) is 12.4 Å². The molecule has 1 aromatic carbocycles. The van der Waals surface area contributed by atoms with Crippen LogP contribution in [0, 0.1) is 5.82 Å². The van der Waals surface area contributed by atoms with Crippen LogP contribution in [0.5, 0.6) is 0 Å². The number of nitrogens with zero attached hydrogens (tertiary/aromatic N) is 1. The topological polar surface area (TPSA) is 69.6 Å². The average Bonchev–Trinajstić information content (AvgIpc) is 2.27. The van der Waals surface area contributed by atoms with E-state index in [1.54, 1.807) is 7.05 Å². The zero-order valence-corrected chi connectivity index (χ0v) is 10.4. The molecule has 0 atom stereocenters. The van der Waals surface area contributed by atoms with Crippen molar-refractivity contribution in [1.82, 2.24) is 4.90 Å². The fraction of sp³-hybridized carbons (Fsp3) is 0.333. The Morgan fingerprint density at radius 3 is 2.50 bits per heavy atom. The average molecular weight is 254 g/mol. The van der Waals surface area contributed by atoms with Crippen molar-refractivity contribution in [3.8, 4) is 0 Å². The summed E-state index contributed by atoms with van der Waals surface area (Å²) in [6.07, 6.45) is 0. The number of hydrogen-bond donors (Lipinski definition) is 2. The van der Waals surface area contributed by atoms with Crippen LogP contribution in [-0.2, 0) is 0 Å². The van der Waals surface area contributed by atoms with Crippen LogP contribution in [0.15, 0.2) is 18.2 Å². The van der Waals surface area contributed by atoms with E-state index in [0.29, 0.717) is 0 Å². The number of carboxylic acid groups (broad SMARTS) is 1. The minimum atomic E-state index is -1.42. The summed E-state index contributed by atoms with van der Waals surface area (Å²) in [6.45, 7) is 3.62. The maximum absolute atomic E-state index is 13.4. The molecule has 0 radical (unpaired) electrons. The van der Waals surface area contributed by atoms with Crippen LogP contribution in [0.4, 0.5) is 14.9 Å². The minimum absolute atomic E-state index is 0.0492. The first kappa shape index (κ1) is 14.0. The molecule has 0 fully saturated rings. The van der Waals surface area contributed by atoms with E-state index in [4.69, 9.17) is 5.11 Å². The SMILES string of the molecule is CC(C)N(C)C(=O)Nc1cccc(F)c1C(=O)O. The molecule has 98 valence electrons. The van der Waals surface area contributed by atoms with Crippen LogP contribution in [0.1, 0.15) is 24.2 Å². The zero-order valence-electron chi connectivity index (χ0n) is 10.4.